The van der Waals surface area contributed by atoms with E-state index in [1.807, 2.05) is 12.3 Å². The van der Waals surface area contributed by atoms with Gasteiger partial charge >= 0.3 is 5.97 Å². The molecule has 2 rings (SSSR count). The molecule has 1 amide bonds. The summed E-state index contributed by atoms with van der Waals surface area (Å²) in [5.74, 6) is -1.65. The molecular weight excluding hydrogens is 298 g/mol. The van der Waals surface area contributed by atoms with Crippen molar-refractivity contribution in [2.75, 3.05) is 6.26 Å². The summed E-state index contributed by atoms with van der Waals surface area (Å²) in [6, 6.07) is 4.95. The predicted octanol–water partition coefficient (Wildman–Crippen LogP) is 3.05. The Morgan fingerprint density at radius 3 is 2.80 bits per heavy atom. The van der Waals surface area contributed by atoms with E-state index in [-0.39, 0.29) is 11.9 Å². The Morgan fingerprint density at radius 2 is 2.15 bits per heavy atom. The van der Waals surface area contributed by atoms with Gasteiger partial charge in [0.15, 0.2) is 0 Å². The molecule has 6 heteroatoms. The van der Waals surface area contributed by atoms with Crippen molar-refractivity contribution in [2.45, 2.75) is 30.2 Å². The largest absolute Gasteiger partial charge is 0.481 e. The molecule has 2 atom stereocenters. The predicted molar refractivity (Wildman–Crippen MR) is 79.5 cm³/mol. The molecule has 0 aromatic heterocycles. The van der Waals surface area contributed by atoms with E-state index in [1.54, 1.807) is 12.1 Å². The Balaban J connectivity index is 2.14. The second kappa shape index (κ2) is 6.50. The number of carbonyl (C=O) groups is 2. The van der Waals surface area contributed by atoms with Gasteiger partial charge in [0.05, 0.1) is 16.5 Å². The molecule has 0 saturated heterocycles. The van der Waals surface area contributed by atoms with E-state index in [4.69, 9.17) is 16.7 Å². The number of benzene rings is 1. The first kappa shape index (κ1) is 15.2. The first-order valence-corrected chi connectivity index (χ1v) is 8.00. The first-order chi connectivity index (χ1) is 9.52. The molecule has 108 valence electrons. The fraction of sp³-hybridized carbons (Fsp3) is 0.429. The minimum Gasteiger partial charge on any atom is -0.481 e. The Bertz CT molecular complexity index is 535. The Kier molecular flexibility index (Phi) is 4.94. The van der Waals surface area contributed by atoms with Crippen LogP contribution in [0.2, 0.25) is 5.02 Å². The highest BCUT2D eigenvalue weighted by atomic mass is 35.5. The van der Waals surface area contributed by atoms with Gasteiger partial charge in [-0.25, -0.2) is 0 Å². The van der Waals surface area contributed by atoms with Gasteiger partial charge in [0.25, 0.3) is 5.91 Å². The minimum absolute atomic E-state index is 0.302. The third-order valence-electron chi connectivity index (χ3n) is 3.57. The Hall–Kier alpha value is -1.20. The molecule has 1 fully saturated rings. The third-order valence-corrected chi connectivity index (χ3v) is 4.62. The highest BCUT2D eigenvalue weighted by Crippen LogP contribution is 2.27. The SMILES string of the molecule is CSc1ccc(Cl)c(C(=O)NC2CCCC2C(=O)O)c1. The summed E-state index contributed by atoms with van der Waals surface area (Å²) < 4.78 is 0. The molecule has 1 aliphatic carbocycles. The maximum Gasteiger partial charge on any atom is 0.308 e. The fourth-order valence-corrected chi connectivity index (χ4v) is 3.12. The average Bonchev–Trinajstić information content (AvgIpc) is 2.87. The van der Waals surface area contributed by atoms with Crippen molar-refractivity contribution in [3.8, 4) is 0 Å². The van der Waals surface area contributed by atoms with Gasteiger partial charge in [-0.05, 0) is 37.3 Å². The lowest BCUT2D eigenvalue weighted by Gasteiger charge is -2.18. The van der Waals surface area contributed by atoms with Gasteiger partial charge in [-0.1, -0.05) is 18.0 Å². The molecule has 1 saturated carbocycles. The summed E-state index contributed by atoms with van der Waals surface area (Å²) in [6.45, 7) is 0. The van der Waals surface area contributed by atoms with Crippen LogP contribution in [0.15, 0.2) is 23.1 Å². The number of hydrogen-bond donors (Lipinski definition) is 2. The second-order valence-corrected chi connectivity index (χ2v) is 6.09. The van der Waals surface area contributed by atoms with Crippen LogP contribution < -0.4 is 5.32 Å². The Morgan fingerprint density at radius 1 is 1.40 bits per heavy atom. The molecule has 1 aliphatic rings. The van der Waals surface area contributed by atoms with E-state index < -0.39 is 11.9 Å². The zero-order valence-electron chi connectivity index (χ0n) is 11.1. The molecular formula is C14H16ClNO3S. The summed E-state index contributed by atoms with van der Waals surface area (Å²) >= 11 is 7.57. The van der Waals surface area contributed by atoms with Crippen molar-refractivity contribution in [2.24, 2.45) is 5.92 Å². The van der Waals surface area contributed by atoms with Crippen molar-refractivity contribution >= 4 is 35.2 Å². The number of thioether (sulfide) groups is 1. The first-order valence-electron chi connectivity index (χ1n) is 6.40. The average molecular weight is 314 g/mol. The number of aliphatic carboxylic acids is 1. The molecule has 0 spiro atoms. The van der Waals surface area contributed by atoms with Gasteiger partial charge < -0.3 is 10.4 Å². The number of hydrogen-bond acceptors (Lipinski definition) is 3. The lowest BCUT2D eigenvalue weighted by atomic mass is 10.0. The van der Waals surface area contributed by atoms with Crippen LogP contribution in [-0.4, -0.2) is 29.3 Å². The van der Waals surface area contributed by atoms with Gasteiger partial charge in [-0.2, -0.15) is 0 Å². The van der Waals surface area contributed by atoms with E-state index in [2.05, 4.69) is 5.32 Å². The molecule has 0 aliphatic heterocycles. The Labute approximate surface area is 126 Å². The van der Waals surface area contributed by atoms with Crippen molar-refractivity contribution < 1.29 is 14.7 Å². The number of rotatable bonds is 4. The van der Waals surface area contributed by atoms with Gasteiger partial charge in [0.1, 0.15) is 0 Å². The van der Waals surface area contributed by atoms with Crippen molar-refractivity contribution in [1.82, 2.24) is 5.32 Å². The lowest BCUT2D eigenvalue weighted by molar-refractivity contribution is -0.142. The molecule has 2 N–H and O–H groups in total. The van der Waals surface area contributed by atoms with E-state index in [1.165, 1.54) is 11.8 Å². The highest BCUT2D eigenvalue weighted by molar-refractivity contribution is 7.98. The van der Waals surface area contributed by atoms with Crippen LogP contribution in [0.25, 0.3) is 0 Å². The van der Waals surface area contributed by atoms with Crippen molar-refractivity contribution in [3.63, 3.8) is 0 Å². The van der Waals surface area contributed by atoms with Crippen LogP contribution in [0.4, 0.5) is 0 Å². The second-order valence-electron chi connectivity index (χ2n) is 4.80. The monoisotopic (exact) mass is 313 g/mol. The molecule has 20 heavy (non-hydrogen) atoms. The van der Waals surface area contributed by atoms with Crippen molar-refractivity contribution in [1.29, 1.82) is 0 Å². The highest BCUT2D eigenvalue weighted by Gasteiger charge is 2.34. The van der Waals surface area contributed by atoms with Crippen LogP contribution in [0, 0.1) is 5.92 Å². The van der Waals surface area contributed by atoms with E-state index >= 15 is 0 Å². The van der Waals surface area contributed by atoms with E-state index in [0.29, 0.717) is 23.4 Å². The fourth-order valence-electron chi connectivity index (χ4n) is 2.48. The van der Waals surface area contributed by atoms with Crippen LogP contribution in [0.5, 0.6) is 0 Å². The molecule has 0 bridgehead atoms. The normalized spacial score (nSPS) is 21.7. The quantitative estimate of drug-likeness (QED) is 0.838. The molecule has 1 aromatic carbocycles. The molecule has 1 aromatic rings. The van der Waals surface area contributed by atoms with Crippen LogP contribution in [0.1, 0.15) is 29.6 Å². The van der Waals surface area contributed by atoms with Gasteiger partial charge in [0.2, 0.25) is 0 Å². The topological polar surface area (TPSA) is 66.4 Å². The van der Waals surface area contributed by atoms with Crippen LogP contribution in [-0.2, 0) is 4.79 Å². The molecule has 2 unspecified atom stereocenters. The van der Waals surface area contributed by atoms with E-state index in [0.717, 1.165) is 11.3 Å². The number of carboxylic acids is 1. The molecule has 0 heterocycles. The molecule has 4 nitrogen and oxygen atoms in total. The summed E-state index contributed by atoms with van der Waals surface area (Å²) in [7, 11) is 0. The summed E-state index contributed by atoms with van der Waals surface area (Å²) in [4.78, 5) is 24.3. The van der Waals surface area contributed by atoms with Crippen LogP contribution >= 0.6 is 23.4 Å². The maximum atomic E-state index is 12.3. The van der Waals surface area contributed by atoms with Crippen LogP contribution in [0.3, 0.4) is 0 Å². The van der Waals surface area contributed by atoms with Crippen molar-refractivity contribution in [3.05, 3.63) is 28.8 Å². The molecule has 0 radical (unpaired) electrons. The maximum absolute atomic E-state index is 12.3. The standard InChI is InChI=1S/C14H16ClNO3S/c1-20-8-5-6-11(15)10(7-8)13(17)16-12-4-2-3-9(12)14(18)19/h5-7,9,12H,2-4H2,1H3,(H,16,17)(H,18,19). The number of carbonyl (C=O) groups excluding carboxylic acids is 1. The lowest BCUT2D eigenvalue weighted by Crippen LogP contribution is -2.40. The van der Waals surface area contributed by atoms with Gasteiger partial charge in [-0.3, -0.25) is 9.59 Å². The third kappa shape index (κ3) is 3.27. The zero-order chi connectivity index (χ0) is 14.7. The minimum atomic E-state index is -0.850. The smallest absolute Gasteiger partial charge is 0.308 e. The van der Waals surface area contributed by atoms with Gasteiger partial charge in [0, 0.05) is 10.9 Å². The van der Waals surface area contributed by atoms with Gasteiger partial charge in [-0.15, -0.1) is 11.8 Å². The summed E-state index contributed by atoms with van der Waals surface area (Å²) in [5, 5.41) is 12.3. The number of amides is 1. The summed E-state index contributed by atoms with van der Waals surface area (Å²) in [5.41, 5.74) is 0.398. The number of halogens is 1. The zero-order valence-corrected chi connectivity index (χ0v) is 12.6. The number of nitrogens with one attached hydrogen (secondary N) is 1. The summed E-state index contributed by atoms with van der Waals surface area (Å²) in [6.07, 6.45) is 4.05. The van der Waals surface area contributed by atoms with E-state index in [9.17, 15) is 9.59 Å². The number of carboxylic acid groups (broad SMARTS) is 1.